The van der Waals surface area contributed by atoms with E-state index in [9.17, 15) is 9.59 Å². The maximum absolute atomic E-state index is 12.5. The average molecular weight is 439 g/mol. The number of fused-ring (bicyclic) bond motifs is 1. The van der Waals surface area contributed by atoms with Crippen molar-refractivity contribution in [3.63, 3.8) is 0 Å². The number of hydrogen-bond acceptors (Lipinski definition) is 5. The summed E-state index contributed by atoms with van der Waals surface area (Å²) >= 11 is 0. The molecule has 0 aromatic heterocycles. The number of carbonyl (C=O) groups excluding carboxylic acids is 2. The van der Waals surface area contributed by atoms with Gasteiger partial charge in [0, 0.05) is 24.4 Å². The number of amides is 2. The normalized spacial score (nSPS) is 15.5. The molecule has 2 aromatic rings. The van der Waals surface area contributed by atoms with Gasteiger partial charge in [-0.1, -0.05) is 19.9 Å². The molecular weight excluding hydrogens is 408 g/mol. The first-order valence-electron chi connectivity index (χ1n) is 10.7. The summed E-state index contributed by atoms with van der Waals surface area (Å²) in [6.45, 7) is 8.92. The van der Waals surface area contributed by atoms with Gasteiger partial charge in [0.15, 0.2) is 17.6 Å². The highest BCUT2D eigenvalue weighted by Crippen LogP contribution is 2.36. The van der Waals surface area contributed by atoms with Crippen molar-refractivity contribution >= 4 is 29.3 Å². The van der Waals surface area contributed by atoms with Gasteiger partial charge in [-0.2, -0.15) is 0 Å². The van der Waals surface area contributed by atoms with Gasteiger partial charge in [-0.05, 0) is 55.7 Å². The molecule has 0 aliphatic carbocycles. The summed E-state index contributed by atoms with van der Waals surface area (Å²) < 4.78 is 16.6. The lowest BCUT2D eigenvalue weighted by atomic mass is 10.1. The predicted molar refractivity (Wildman–Crippen MR) is 126 cm³/mol. The van der Waals surface area contributed by atoms with Crippen LogP contribution in [0.4, 0.5) is 11.4 Å². The topological polar surface area (TPSA) is 77.1 Å². The van der Waals surface area contributed by atoms with Crippen LogP contribution in [0.15, 0.2) is 42.5 Å². The van der Waals surface area contributed by atoms with E-state index in [0.717, 1.165) is 11.3 Å². The number of anilines is 2. The highest BCUT2D eigenvalue weighted by Gasteiger charge is 2.31. The van der Waals surface area contributed by atoms with Crippen LogP contribution in [0.5, 0.6) is 17.2 Å². The van der Waals surface area contributed by atoms with E-state index < -0.39 is 6.10 Å². The van der Waals surface area contributed by atoms with E-state index in [-0.39, 0.29) is 11.8 Å². The smallest absolute Gasteiger partial charge is 0.267 e. The molecule has 1 unspecified atom stereocenters. The quantitative estimate of drug-likeness (QED) is 0.614. The fourth-order valence-electron chi connectivity index (χ4n) is 3.46. The lowest BCUT2D eigenvalue weighted by molar-refractivity contribution is -0.125. The summed E-state index contributed by atoms with van der Waals surface area (Å²) in [5.74, 6) is 1.83. The Hall–Kier alpha value is -3.48. The minimum atomic E-state index is -0.568. The van der Waals surface area contributed by atoms with Gasteiger partial charge in [-0.3, -0.25) is 9.59 Å². The van der Waals surface area contributed by atoms with E-state index in [1.165, 1.54) is 6.08 Å². The van der Waals surface area contributed by atoms with Crippen LogP contribution in [0.25, 0.3) is 6.08 Å². The van der Waals surface area contributed by atoms with Crippen LogP contribution in [-0.2, 0) is 9.59 Å². The molecule has 0 saturated heterocycles. The maximum atomic E-state index is 12.5. The summed E-state index contributed by atoms with van der Waals surface area (Å²) in [6, 6.07) is 10.8. The second-order valence-electron chi connectivity index (χ2n) is 7.95. The molecule has 0 bridgehead atoms. The minimum Gasteiger partial charge on any atom is -0.493 e. The Morgan fingerprint density at radius 1 is 1.22 bits per heavy atom. The van der Waals surface area contributed by atoms with Crippen LogP contribution in [0, 0.1) is 5.92 Å². The SMILES string of the molecule is CCOc1ccc(/C=C/C(=O)Nc2ccc3c(c2)OC(C)C(=O)N3CC(C)C)cc1OC. The fourth-order valence-corrected chi connectivity index (χ4v) is 3.46. The zero-order chi connectivity index (χ0) is 23.3. The van der Waals surface area contributed by atoms with Crippen molar-refractivity contribution in [2.75, 3.05) is 30.5 Å². The number of methoxy groups -OCH3 is 1. The predicted octanol–water partition coefficient (Wildman–Crippen LogP) is 4.52. The van der Waals surface area contributed by atoms with Crippen LogP contribution >= 0.6 is 0 Å². The van der Waals surface area contributed by atoms with Crippen molar-refractivity contribution in [2.24, 2.45) is 5.92 Å². The van der Waals surface area contributed by atoms with Crippen LogP contribution in [0.2, 0.25) is 0 Å². The zero-order valence-corrected chi connectivity index (χ0v) is 19.2. The largest absolute Gasteiger partial charge is 0.493 e. The van der Waals surface area contributed by atoms with Crippen LogP contribution in [0.1, 0.15) is 33.3 Å². The second-order valence-corrected chi connectivity index (χ2v) is 7.95. The molecule has 1 N–H and O–H groups in total. The first-order valence-corrected chi connectivity index (χ1v) is 10.7. The Kier molecular flexibility index (Phi) is 7.41. The van der Waals surface area contributed by atoms with Crippen LogP contribution < -0.4 is 24.4 Å². The Balaban J connectivity index is 1.72. The van der Waals surface area contributed by atoms with Crippen molar-refractivity contribution in [2.45, 2.75) is 33.8 Å². The summed E-state index contributed by atoms with van der Waals surface area (Å²) in [7, 11) is 1.58. The Bertz CT molecular complexity index is 1020. The summed E-state index contributed by atoms with van der Waals surface area (Å²) in [5.41, 5.74) is 2.12. The van der Waals surface area contributed by atoms with Gasteiger partial charge in [0.25, 0.3) is 5.91 Å². The number of hydrogen-bond donors (Lipinski definition) is 1. The highest BCUT2D eigenvalue weighted by molar-refractivity contribution is 6.03. The van der Waals surface area contributed by atoms with Gasteiger partial charge in [-0.15, -0.1) is 0 Å². The van der Waals surface area contributed by atoms with Gasteiger partial charge < -0.3 is 24.4 Å². The standard InChI is InChI=1S/C25H30N2O5/c1-6-31-21-11-7-18(13-23(21)30-5)8-12-24(28)26-19-9-10-20-22(14-19)32-17(4)25(29)27(20)15-16(2)3/h7-14,16-17H,6,15H2,1-5H3,(H,26,28)/b12-8+. The van der Waals surface area contributed by atoms with Gasteiger partial charge in [0.1, 0.15) is 5.75 Å². The lowest BCUT2D eigenvalue weighted by Crippen LogP contribution is -2.46. The van der Waals surface area contributed by atoms with E-state index >= 15 is 0 Å². The van der Waals surface area contributed by atoms with E-state index in [0.29, 0.717) is 42.0 Å². The number of rotatable bonds is 8. The summed E-state index contributed by atoms with van der Waals surface area (Å²) in [5, 5.41) is 2.84. The third-order valence-corrected chi connectivity index (χ3v) is 4.90. The molecule has 1 atom stereocenters. The molecular formula is C25H30N2O5. The van der Waals surface area contributed by atoms with Gasteiger partial charge in [-0.25, -0.2) is 0 Å². The number of ether oxygens (including phenoxy) is 3. The first-order chi connectivity index (χ1) is 15.3. The lowest BCUT2D eigenvalue weighted by Gasteiger charge is -2.34. The van der Waals surface area contributed by atoms with Crippen molar-refractivity contribution in [1.82, 2.24) is 0 Å². The molecule has 7 heteroatoms. The van der Waals surface area contributed by atoms with E-state index in [1.54, 1.807) is 43.2 Å². The Morgan fingerprint density at radius 3 is 2.69 bits per heavy atom. The number of benzene rings is 2. The molecule has 32 heavy (non-hydrogen) atoms. The molecule has 0 spiro atoms. The Labute approximate surface area is 189 Å². The van der Waals surface area contributed by atoms with Gasteiger partial charge >= 0.3 is 0 Å². The molecule has 3 rings (SSSR count). The van der Waals surface area contributed by atoms with Crippen molar-refractivity contribution in [1.29, 1.82) is 0 Å². The Morgan fingerprint density at radius 2 is 2.00 bits per heavy atom. The average Bonchev–Trinajstić information content (AvgIpc) is 2.76. The summed E-state index contributed by atoms with van der Waals surface area (Å²) in [6.07, 6.45) is 2.59. The number of nitrogens with zero attached hydrogens (tertiary/aromatic N) is 1. The zero-order valence-electron chi connectivity index (χ0n) is 19.2. The molecule has 0 fully saturated rings. The second kappa shape index (κ2) is 10.2. The highest BCUT2D eigenvalue weighted by atomic mass is 16.5. The van der Waals surface area contributed by atoms with Gasteiger partial charge in [0.2, 0.25) is 5.91 Å². The van der Waals surface area contributed by atoms with Crippen LogP contribution in [-0.4, -0.2) is 38.2 Å². The number of carbonyl (C=O) groups is 2. The van der Waals surface area contributed by atoms with E-state index in [4.69, 9.17) is 14.2 Å². The molecule has 170 valence electrons. The van der Waals surface area contributed by atoms with E-state index in [2.05, 4.69) is 19.2 Å². The third kappa shape index (κ3) is 5.41. The number of nitrogens with one attached hydrogen (secondary N) is 1. The van der Waals surface area contributed by atoms with Crippen LogP contribution in [0.3, 0.4) is 0 Å². The first kappa shape index (κ1) is 23.2. The summed E-state index contributed by atoms with van der Waals surface area (Å²) in [4.78, 5) is 26.7. The van der Waals surface area contributed by atoms with Gasteiger partial charge in [0.05, 0.1) is 19.4 Å². The molecule has 2 aromatic carbocycles. The molecule has 0 radical (unpaired) electrons. The fraction of sp³-hybridized carbons (Fsp3) is 0.360. The van der Waals surface area contributed by atoms with Crippen molar-refractivity contribution in [3.8, 4) is 17.2 Å². The molecule has 1 aliphatic rings. The molecule has 2 amide bonds. The third-order valence-electron chi connectivity index (χ3n) is 4.90. The van der Waals surface area contributed by atoms with Crippen molar-refractivity contribution < 1.29 is 23.8 Å². The van der Waals surface area contributed by atoms with E-state index in [1.807, 2.05) is 25.1 Å². The molecule has 1 aliphatic heterocycles. The molecule has 1 heterocycles. The van der Waals surface area contributed by atoms with Crippen molar-refractivity contribution in [3.05, 3.63) is 48.0 Å². The monoisotopic (exact) mass is 438 g/mol. The minimum absolute atomic E-state index is 0.0586. The molecule has 7 nitrogen and oxygen atoms in total. The molecule has 0 saturated carbocycles. The maximum Gasteiger partial charge on any atom is 0.267 e.